The van der Waals surface area contributed by atoms with Crippen LogP contribution < -0.4 is 18.1 Å². The Bertz CT molecular complexity index is 2410. The number of hydrogen-bond acceptors (Lipinski definition) is 6. The molecule has 8 rings (SSSR count). The molecule has 4 aromatic rings. The molecule has 2 atom stereocenters. The summed E-state index contributed by atoms with van der Waals surface area (Å²) in [6.45, 7) is 23.7. The summed E-state index contributed by atoms with van der Waals surface area (Å²) in [6.07, 6.45) is 16.7. The fraction of sp³-hybridized carbons (Fsp3) is 0.564. The molecule has 2 aliphatic carbocycles. The van der Waals surface area contributed by atoms with Crippen molar-refractivity contribution in [2.75, 3.05) is 0 Å². The Labute approximate surface area is 406 Å². The molecule has 0 aromatic heterocycles. The van der Waals surface area contributed by atoms with Crippen molar-refractivity contribution in [2.24, 2.45) is 0 Å². The Hall–Kier alpha value is -3.03. The van der Waals surface area contributed by atoms with Crippen LogP contribution in [0.4, 0.5) is 0 Å². The molecule has 2 N–H and O–H groups in total. The molecule has 1 radical (unpaired) electrons. The van der Waals surface area contributed by atoms with Gasteiger partial charge in [0.2, 0.25) is 0 Å². The van der Waals surface area contributed by atoms with Gasteiger partial charge in [-0.3, -0.25) is 9.79 Å². The summed E-state index contributed by atoms with van der Waals surface area (Å²) >= 11 is 0. The van der Waals surface area contributed by atoms with Gasteiger partial charge in [0, 0.05) is 46.3 Å². The summed E-state index contributed by atoms with van der Waals surface area (Å²) in [5.41, 5.74) is 12.3. The maximum atomic E-state index is 13.5. The fourth-order valence-corrected chi connectivity index (χ4v) is 13.5. The van der Waals surface area contributed by atoms with Crippen molar-refractivity contribution >= 4 is 15.6 Å². The summed E-state index contributed by atoms with van der Waals surface area (Å²) in [7, 11) is -8.72. The second-order valence-corrected chi connectivity index (χ2v) is 24.1. The standard InChI is InChI=1S/C29H39O4P.C26H37O4P.Co/c1-20-15-22-19-23-16-21(2)18-25(29(4)13-9-6-10-14-29)27(23)33-34(30,31)32-26(22)24(17-20)28(3)11-7-5-8-12-28;1-8-10-19(5)22-14-17(3)12-20-16-21-13-18(4)15-23(26(6,7)11-9-2)25(21)30-31(27,28)29-24(20)22;/h15-18H,5-14,19H2,1-4H3,(H,30,31);12-15,19H,8-11,16H2,1-7H3,(H,27,28);. The monoisotopic (exact) mass is 985 g/mol. The number of phosphoric acid groups is 2. The zero-order chi connectivity index (χ0) is 47.1. The second-order valence-electron chi connectivity index (χ2n) is 21.5. The van der Waals surface area contributed by atoms with Gasteiger partial charge in [0.1, 0.15) is 23.0 Å². The first kappa shape index (κ1) is 52.3. The predicted molar refractivity (Wildman–Crippen MR) is 265 cm³/mol. The van der Waals surface area contributed by atoms with Crippen LogP contribution in [0.3, 0.4) is 0 Å². The minimum atomic E-state index is -4.37. The molecule has 2 aliphatic heterocycles. The summed E-state index contributed by atoms with van der Waals surface area (Å²) in [5, 5.41) is 0. The van der Waals surface area contributed by atoms with Crippen LogP contribution in [-0.2, 0) is 55.0 Å². The van der Waals surface area contributed by atoms with Crippen molar-refractivity contribution in [2.45, 2.75) is 201 Å². The molecule has 2 fully saturated rings. The normalized spacial score (nSPS) is 20.9. The molecule has 66 heavy (non-hydrogen) atoms. The molecule has 11 heteroatoms. The van der Waals surface area contributed by atoms with E-state index >= 15 is 0 Å². The van der Waals surface area contributed by atoms with Crippen molar-refractivity contribution in [3.63, 3.8) is 0 Å². The van der Waals surface area contributed by atoms with Crippen molar-refractivity contribution in [3.05, 3.63) is 115 Å². The zero-order valence-corrected chi connectivity index (χ0v) is 44.4. The van der Waals surface area contributed by atoms with E-state index in [0.717, 1.165) is 107 Å². The number of rotatable bonds is 8. The SMILES string of the molecule is CCCC(C)c1cc(C)cc2c1OP(=O)(O)Oc1c(cc(C)cc1C(C)(C)CCC)C2.Cc1cc2c(c(C3(C)CCCCC3)c1)OP(=O)(O)Oc1c(cc(C)cc1C1(C)CCCCC1)C2.[Co]. The molecule has 2 unspecified atom stereocenters. The Morgan fingerprint density at radius 2 is 0.955 bits per heavy atom. The van der Waals surface area contributed by atoms with Crippen LogP contribution in [0.15, 0.2) is 48.5 Å². The van der Waals surface area contributed by atoms with Gasteiger partial charge < -0.3 is 18.1 Å². The molecule has 8 nitrogen and oxygen atoms in total. The minimum absolute atomic E-state index is 0. The maximum Gasteiger partial charge on any atom is 0.584 e. The molecule has 0 saturated heterocycles. The summed E-state index contributed by atoms with van der Waals surface area (Å²) in [4.78, 5) is 21.8. The summed E-state index contributed by atoms with van der Waals surface area (Å²) in [6, 6.07) is 16.9. The van der Waals surface area contributed by atoms with Crippen molar-refractivity contribution in [1.29, 1.82) is 0 Å². The molecular weight excluding hydrogens is 909 g/mol. The van der Waals surface area contributed by atoms with Gasteiger partial charge in [0.15, 0.2) is 0 Å². The third kappa shape index (κ3) is 11.5. The van der Waals surface area contributed by atoms with Gasteiger partial charge in [-0.1, -0.05) is 171 Å². The number of benzene rings is 4. The molecule has 0 bridgehead atoms. The van der Waals surface area contributed by atoms with Gasteiger partial charge in [-0.2, -0.15) is 0 Å². The minimum Gasteiger partial charge on any atom is -0.395 e. The maximum absolute atomic E-state index is 13.5. The smallest absolute Gasteiger partial charge is 0.395 e. The average molecular weight is 986 g/mol. The van der Waals surface area contributed by atoms with Crippen LogP contribution in [0.2, 0.25) is 0 Å². The Morgan fingerprint density at radius 3 is 1.39 bits per heavy atom. The molecule has 2 saturated carbocycles. The zero-order valence-electron chi connectivity index (χ0n) is 41.6. The van der Waals surface area contributed by atoms with E-state index in [9.17, 15) is 18.9 Å². The van der Waals surface area contributed by atoms with E-state index in [4.69, 9.17) is 18.1 Å². The third-order valence-corrected chi connectivity index (χ3v) is 16.6. The largest absolute Gasteiger partial charge is 0.584 e. The molecule has 0 amide bonds. The Kier molecular flexibility index (Phi) is 16.3. The predicted octanol–water partition coefficient (Wildman–Crippen LogP) is 16.0. The van der Waals surface area contributed by atoms with E-state index in [1.807, 2.05) is 0 Å². The Balaban J connectivity index is 0.000000216. The third-order valence-electron chi connectivity index (χ3n) is 14.9. The van der Waals surface area contributed by atoms with E-state index in [1.165, 1.54) is 49.7 Å². The van der Waals surface area contributed by atoms with E-state index in [0.29, 0.717) is 35.8 Å². The van der Waals surface area contributed by atoms with Crippen LogP contribution in [-0.4, -0.2) is 9.79 Å². The molecule has 4 aliphatic rings. The van der Waals surface area contributed by atoms with Gasteiger partial charge in [0.05, 0.1) is 0 Å². The van der Waals surface area contributed by atoms with Gasteiger partial charge in [0.25, 0.3) is 0 Å². The van der Waals surface area contributed by atoms with Crippen LogP contribution in [0.5, 0.6) is 23.0 Å². The molecule has 363 valence electrons. The quantitative estimate of drug-likeness (QED) is 0.168. The first-order chi connectivity index (χ1) is 30.6. The topological polar surface area (TPSA) is 112 Å². The number of hydrogen-bond donors (Lipinski definition) is 2. The number of fused-ring (bicyclic) bond motifs is 4. The van der Waals surface area contributed by atoms with Crippen molar-refractivity contribution in [3.8, 4) is 23.0 Å². The van der Waals surface area contributed by atoms with E-state index in [2.05, 4.69) is 125 Å². The summed E-state index contributed by atoms with van der Waals surface area (Å²) in [5.74, 6) is 2.38. The van der Waals surface area contributed by atoms with Crippen molar-refractivity contribution < 1.29 is 53.8 Å². The van der Waals surface area contributed by atoms with Crippen molar-refractivity contribution in [1.82, 2.24) is 0 Å². The first-order valence-electron chi connectivity index (χ1n) is 24.6. The van der Waals surface area contributed by atoms with Gasteiger partial charge >= 0.3 is 15.6 Å². The second kappa shape index (κ2) is 20.5. The molecule has 4 aromatic carbocycles. The number of phosphoric ester groups is 2. The van der Waals surface area contributed by atoms with E-state index in [1.54, 1.807) is 0 Å². The van der Waals surface area contributed by atoms with Crippen LogP contribution in [0.1, 0.15) is 211 Å². The molecular formula is C55H76CoO8P2. The van der Waals surface area contributed by atoms with E-state index in [-0.39, 0.29) is 38.9 Å². The van der Waals surface area contributed by atoms with E-state index < -0.39 is 15.6 Å². The molecule has 2 heterocycles. The molecule has 0 spiro atoms. The van der Waals surface area contributed by atoms with Gasteiger partial charge in [-0.15, -0.1) is 0 Å². The average Bonchev–Trinajstić information content (AvgIpc) is 3.21. The number of aryl methyl sites for hydroxylation is 4. The summed E-state index contributed by atoms with van der Waals surface area (Å²) < 4.78 is 50.2. The van der Waals surface area contributed by atoms with Crippen LogP contribution in [0.25, 0.3) is 0 Å². The van der Waals surface area contributed by atoms with Gasteiger partial charge in [-0.25, -0.2) is 9.13 Å². The van der Waals surface area contributed by atoms with Crippen LogP contribution >= 0.6 is 15.6 Å². The van der Waals surface area contributed by atoms with Crippen LogP contribution in [0, 0.1) is 27.7 Å². The van der Waals surface area contributed by atoms with Gasteiger partial charge in [-0.05, 0) is 116 Å². The fourth-order valence-electron chi connectivity index (χ4n) is 11.6. The first-order valence-corrected chi connectivity index (χ1v) is 27.5. The Morgan fingerprint density at radius 1 is 0.576 bits per heavy atom.